The molecular weight excluding hydrogens is 382 g/mol. The lowest BCUT2D eigenvalue weighted by atomic mass is 10.2. The van der Waals surface area contributed by atoms with Gasteiger partial charge < -0.3 is 5.32 Å². The predicted molar refractivity (Wildman–Crippen MR) is 107 cm³/mol. The van der Waals surface area contributed by atoms with E-state index in [2.05, 4.69) is 15.3 Å². The van der Waals surface area contributed by atoms with Gasteiger partial charge in [0, 0.05) is 30.4 Å². The van der Waals surface area contributed by atoms with E-state index in [4.69, 9.17) is 11.6 Å². The van der Waals surface area contributed by atoms with Crippen LogP contribution in [0.3, 0.4) is 0 Å². The van der Waals surface area contributed by atoms with Gasteiger partial charge in [-0.15, -0.1) is 0 Å². The third kappa shape index (κ3) is 3.96. The Morgan fingerprint density at radius 3 is 2.61 bits per heavy atom. The normalized spacial score (nSPS) is 11.0. The van der Waals surface area contributed by atoms with Crippen LogP contribution in [0, 0.1) is 0 Å². The van der Waals surface area contributed by atoms with Gasteiger partial charge in [-0.3, -0.25) is 18.7 Å². The van der Waals surface area contributed by atoms with Crippen molar-refractivity contribution < 1.29 is 4.79 Å². The summed E-state index contributed by atoms with van der Waals surface area (Å²) in [5.74, 6) is -0.0145. The number of nitrogens with one attached hydrogen (secondary N) is 1. The van der Waals surface area contributed by atoms with Crippen molar-refractivity contribution in [2.75, 3.05) is 6.54 Å². The Morgan fingerprint density at radius 1 is 1.21 bits per heavy atom. The maximum atomic E-state index is 12.7. The van der Waals surface area contributed by atoms with E-state index < -0.39 is 11.2 Å². The Bertz CT molecular complexity index is 1140. The Hall–Kier alpha value is -3.00. The number of unbranched alkanes of at least 4 members (excludes halogenated alkanes) is 1. The third-order valence-electron chi connectivity index (χ3n) is 4.34. The number of carbonyl (C=O) groups is 1. The summed E-state index contributed by atoms with van der Waals surface area (Å²) in [6, 6.07) is 6.92. The number of nitrogens with zero attached hydrogens (tertiary/aromatic N) is 4. The monoisotopic (exact) mass is 401 g/mol. The molecule has 0 atom stereocenters. The minimum absolute atomic E-state index is 0.168. The van der Waals surface area contributed by atoms with Crippen LogP contribution in [0.1, 0.15) is 19.8 Å². The van der Waals surface area contributed by atoms with Gasteiger partial charge >= 0.3 is 5.69 Å². The van der Waals surface area contributed by atoms with Crippen LogP contribution >= 0.6 is 11.6 Å². The fraction of sp³-hybridized carbons (Fsp3) is 0.316. The molecule has 146 valence electrons. The number of aryl methyl sites for hydroxylation is 1. The van der Waals surface area contributed by atoms with Crippen molar-refractivity contribution in [1.29, 1.82) is 0 Å². The highest BCUT2D eigenvalue weighted by atomic mass is 35.5. The van der Waals surface area contributed by atoms with Crippen molar-refractivity contribution in [2.24, 2.45) is 7.05 Å². The molecule has 2 heterocycles. The maximum absolute atomic E-state index is 12.7. The number of aromatic nitrogens is 4. The molecule has 3 aromatic rings. The molecule has 0 fully saturated rings. The Labute approximate surface area is 165 Å². The van der Waals surface area contributed by atoms with E-state index in [0.717, 1.165) is 17.4 Å². The Kier molecular flexibility index (Phi) is 5.89. The second-order valence-electron chi connectivity index (χ2n) is 6.37. The van der Waals surface area contributed by atoms with Gasteiger partial charge in [-0.1, -0.05) is 24.9 Å². The van der Waals surface area contributed by atoms with Gasteiger partial charge in [-0.25, -0.2) is 14.8 Å². The van der Waals surface area contributed by atoms with E-state index in [-0.39, 0.29) is 23.5 Å². The van der Waals surface area contributed by atoms with Crippen LogP contribution in [0.5, 0.6) is 0 Å². The molecule has 1 aromatic carbocycles. The fourth-order valence-corrected chi connectivity index (χ4v) is 2.89. The summed E-state index contributed by atoms with van der Waals surface area (Å²) in [6.45, 7) is 2.17. The highest BCUT2D eigenvalue weighted by Crippen LogP contribution is 2.19. The smallest absolute Gasteiger partial charge is 0.332 e. The first-order chi connectivity index (χ1) is 13.4. The third-order valence-corrected chi connectivity index (χ3v) is 4.59. The van der Waals surface area contributed by atoms with Crippen molar-refractivity contribution in [2.45, 2.75) is 26.3 Å². The van der Waals surface area contributed by atoms with E-state index in [0.29, 0.717) is 23.0 Å². The maximum Gasteiger partial charge on any atom is 0.332 e. The number of hydrogen-bond donors (Lipinski definition) is 1. The number of halogens is 1. The lowest BCUT2D eigenvalue weighted by molar-refractivity contribution is -0.121. The van der Waals surface area contributed by atoms with Crippen molar-refractivity contribution in [1.82, 2.24) is 24.4 Å². The second kappa shape index (κ2) is 8.35. The standard InChI is InChI=1S/C19H20ClN5O3/c1-3-4-9-21-15(26)11-25-18(27)14-10-22-16(12-5-7-13(20)8-6-12)23-17(14)24(2)19(25)28/h5-8,10H,3-4,9,11H2,1-2H3,(H,21,26). The van der Waals surface area contributed by atoms with Crippen LogP contribution in [0.2, 0.25) is 5.02 Å². The van der Waals surface area contributed by atoms with Crippen LogP contribution in [0.25, 0.3) is 22.4 Å². The van der Waals surface area contributed by atoms with Crippen LogP contribution in [-0.2, 0) is 18.4 Å². The summed E-state index contributed by atoms with van der Waals surface area (Å²) in [6.07, 6.45) is 3.14. The molecule has 9 heteroatoms. The van der Waals surface area contributed by atoms with E-state index in [9.17, 15) is 14.4 Å². The van der Waals surface area contributed by atoms with E-state index in [1.54, 1.807) is 24.3 Å². The Balaban J connectivity index is 2.02. The molecule has 0 radical (unpaired) electrons. The molecule has 0 aliphatic heterocycles. The van der Waals surface area contributed by atoms with Crippen molar-refractivity contribution >= 4 is 28.5 Å². The number of benzene rings is 1. The predicted octanol–water partition coefficient (Wildman–Crippen LogP) is 1.73. The first-order valence-corrected chi connectivity index (χ1v) is 9.29. The van der Waals surface area contributed by atoms with Crippen molar-refractivity contribution in [3.63, 3.8) is 0 Å². The summed E-state index contributed by atoms with van der Waals surface area (Å²) in [5.41, 5.74) is -0.286. The molecule has 28 heavy (non-hydrogen) atoms. The molecular formula is C19H20ClN5O3. The number of hydrogen-bond acceptors (Lipinski definition) is 5. The Morgan fingerprint density at radius 2 is 1.93 bits per heavy atom. The summed E-state index contributed by atoms with van der Waals surface area (Å²) in [5, 5.41) is 3.45. The van der Waals surface area contributed by atoms with Gasteiger partial charge in [0.25, 0.3) is 5.56 Å². The molecule has 0 spiro atoms. The number of carbonyl (C=O) groups excluding carboxylic acids is 1. The van der Waals surface area contributed by atoms with Crippen LogP contribution in [0.4, 0.5) is 0 Å². The molecule has 1 amide bonds. The number of rotatable bonds is 6. The quantitative estimate of drug-likeness (QED) is 0.634. The average molecular weight is 402 g/mol. The van der Waals surface area contributed by atoms with Gasteiger partial charge in [0.15, 0.2) is 11.5 Å². The highest BCUT2D eigenvalue weighted by Gasteiger charge is 2.16. The van der Waals surface area contributed by atoms with Gasteiger partial charge in [0.2, 0.25) is 5.91 Å². The molecule has 0 saturated heterocycles. The minimum Gasteiger partial charge on any atom is -0.355 e. The molecule has 0 unspecified atom stereocenters. The topological polar surface area (TPSA) is 98.9 Å². The lowest BCUT2D eigenvalue weighted by Crippen LogP contribution is -2.43. The average Bonchev–Trinajstić information content (AvgIpc) is 2.70. The highest BCUT2D eigenvalue weighted by molar-refractivity contribution is 6.30. The first kappa shape index (κ1) is 19.8. The summed E-state index contributed by atoms with van der Waals surface area (Å²) >= 11 is 5.90. The van der Waals surface area contributed by atoms with Gasteiger partial charge in [0.05, 0.1) is 0 Å². The fourth-order valence-electron chi connectivity index (χ4n) is 2.76. The summed E-state index contributed by atoms with van der Waals surface area (Å²) < 4.78 is 2.14. The van der Waals surface area contributed by atoms with Crippen LogP contribution in [-0.4, -0.2) is 31.6 Å². The van der Waals surface area contributed by atoms with Crippen LogP contribution in [0.15, 0.2) is 40.1 Å². The van der Waals surface area contributed by atoms with Crippen molar-refractivity contribution in [3.8, 4) is 11.4 Å². The molecule has 2 aromatic heterocycles. The number of fused-ring (bicyclic) bond motifs is 1. The molecule has 0 saturated carbocycles. The molecule has 3 rings (SSSR count). The first-order valence-electron chi connectivity index (χ1n) is 8.91. The minimum atomic E-state index is -0.608. The van der Waals surface area contributed by atoms with E-state index in [1.165, 1.54) is 17.8 Å². The van der Waals surface area contributed by atoms with Gasteiger partial charge in [-0.05, 0) is 30.7 Å². The zero-order valence-electron chi connectivity index (χ0n) is 15.6. The summed E-state index contributed by atoms with van der Waals surface area (Å²) in [4.78, 5) is 46.0. The SMILES string of the molecule is CCCCNC(=O)Cn1c(=O)c2cnc(-c3ccc(Cl)cc3)nc2n(C)c1=O. The summed E-state index contributed by atoms with van der Waals surface area (Å²) in [7, 11) is 1.51. The zero-order valence-corrected chi connectivity index (χ0v) is 16.4. The van der Waals surface area contributed by atoms with Crippen molar-refractivity contribution in [3.05, 3.63) is 56.3 Å². The second-order valence-corrected chi connectivity index (χ2v) is 6.81. The van der Waals surface area contributed by atoms with Gasteiger partial charge in [-0.2, -0.15) is 0 Å². The molecule has 0 bridgehead atoms. The van der Waals surface area contributed by atoms with Crippen LogP contribution < -0.4 is 16.6 Å². The van der Waals surface area contributed by atoms with E-state index in [1.807, 2.05) is 6.92 Å². The van der Waals surface area contributed by atoms with Gasteiger partial charge in [0.1, 0.15) is 11.9 Å². The lowest BCUT2D eigenvalue weighted by Gasteiger charge is -2.11. The zero-order chi connectivity index (χ0) is 20.3. The number of amides is 1. The van der Waals surface area contributed by atoms with E-state index >= 15 is 0 Å². The molecule has 1 N–H and O–H groups in total. The molecule has 0 aliphatic rings. The molecule has 0 aliphatic carbocycles. The largest absolute Gasteiger partial charge is 0.355 e. The molecule has 8 nitrogen and oxygen atoms in total.